The van der Waals surface area contributed by atoms with Crippen LogP contribution in [0.5, 0.6) is 0 Å². The van der Waals surface area contributed by atoms with Crippen molar-refractivity contribution in [2.24, 2.45) is 4.99 Å². The van der Waals surface area contributed by atoms with Gasteiger partial charge in [0.25, 0.3) is 0 Å². The third-order valence-electron chi connectivity index (χ3n) is 2.98. The van der Waals surface area contributed by atoms with Crippen LogP contribution in [-0.4, -0.2) is 50.5 Å². The Kier molecular flexibility index (Phi) is 6.70. The predicted molar refractivity (Wildman–Crippen MR) is 75.0 cm³/mol. The van der Waals surface area contributed by atoms with Crippen molar-refractivity contribution in [1.29, 1.82) is 0 Å². The van der Waals surface area contributed by atoms with Gasteiger partial charge >= 0.3 is 0 Å². The summed E-state index contributed by atoms with van der Waals surface area (Å²) in [5.74, 6) is 0. The number of rotatable bonds is 0. The Morgan fingerprint density at radius 1 is 1.00 bits per heavy atom. The van der Waals surface area contributed by atoms with Gasteiger partial charge in [0.15, 0.2) is 0 Å². The number of hydrogen-bond acceptors (Lipinski definition) is 4. The van der Waals surface area contributed by atoms with E-state index in [1.165, 1.54) is 12.1 Å². The molecule has 1 rings (SSSR count). The Hall–Kier alpha value is -0.450. The molecule has 4 heteroatoms. The van der Waals surface area contributed by atoms with Gasteiger partial charge in [-0.15, -0.1) is 0 Å². The van der Waals surface area contributed by atoms with Crippen LogP contribution in [0.1, 0.15) is 33.6 Å². The highest BCUT2D eigenvalue weighted by molar-refractivity contribution is 5.82. The molecular formula is C13H28N4. The van der Waals surface area contributed by atoms with Gasteiger partial charge in [-0.1, -0.05) is 0 Å². The second-order valence-corrected chi connectivity index (χ2v) is 5.46. The zero-order valence-electron chi connectivity index (χ0n) is 11.6. The van der Waals surface area contributed by atoms with Crippen LogP contribution in [0.3, 0.4) is 0 Å². The Bertz CT molecular complexity index is 236. The Morgan fingerprint density at radius 2 is 1.71 bits per heavy atom. The van der Waals surface area contributed by atoms with Gasteiger partial charge in [0.1, 0.15) is 0 Å². The SMILES string of the molecule is CC1=NCCNCCCNCCNC(C)(C)C1. The average Bonchev–Trinajstić information content (AvgIpc) is 2.24. The Labute approximate surface area is 106 Å². The average molecular weight is 240 g/mol. The number of nitrogens with one attached hydrogen (secondary N) is 3. The topological polar surface area (TPSA) is 48.5 Å². The van der Waals surface area contributed by atoms with Gasteiger partial charge in [-0.2, -0.15) is 0 Å². The van der Waals surface area contributed by atoms with E-state index in [-0.39, 0.29) is 5.54 Å². The molecule has 1 heterocycles. The van der Waals surface area contributed by atoms with E-state index in [0.717, 1.165) is 45.7 Å². The summed E-state index contributed by atoms with van der Waals surface area (Å²) in [7, 11) is 0. The summed E-state index contributed by atoms with van der Waals surface area (Å²) in [6.07, 6.45) is 2.21. The molecule has 1 aliphatic heterocycles. The molecule has 0 saturated heterocycles. The molecular weight excluding hydrogens is 212 g/mol. The first kappa shape index (κ1) is 14.6. The molecule has 0 atom stereocenters. The Balaban J connectivity index is 2.44. The molecule has 100 valence electrons. The van der Waals surface area contributed by atoms with Gasteiger partial charge in [0.05, 0.1) is 6.54 Å². The summed E-state index contributed by atoms with van der Waals surface area (Å²) in [6, 6.07) is 0. The van der Waals surface area contributed by atoms with E-state index in [4.69, 9.17) is 0 Å². The molecule has 0 aliphatic carbocycles. The summed E-state index contributed by atoms with van der Waals surface area (Å²) in [4.78, 5) is 4.61. The molecule has 17 heavy (non-hydrogen) atoms. The van der Waals surface area contributed by atoms with Crippen LogP contribution in [0.15, 0.2) is 4.99 Å². The quantitative estimate of drug-likeness (QED) is 0.587. The molecule has 4 nitrogen and oxygen atoms in total. The van der Waals surface area contributed by atoms with E-state index in [2.05, 4.69) is 41.7 Å². The van der Waals surface area contributed by atoms with Crippen LogP contribution in [0.2, 0.25) is 0 Å². The normalized spacial score (nSPS) is 24.8. The fraction of sp³-hybridized carbons (Fsp3) is 0.923. The van der Waals surface area contributed by atoms with Crippen molar-refractivity contribution in [3.63, 3.8) is 0 Å². The van der Waals surface area contributed by atoms with Crippen LogP contribution in [0.4, 0.5) is 0 Å². The van der Waals surface area contributed by atoms with Gasteiger partial charge in [-0.3, -0.25) is 4.99 Å². The number of hydrogen-bond donors (Lipinski definition) is 3. The maximum Gasteiger partial charge on any atom is 0.0513 e. The predicted octanol–water partition coefficient (Wildman–Crippen LogP) is 0.789. The van der Waals surface area contributed by atoms with Gasteiger partial charge in [0, 0.05) is 37.3 Å². The molecule has 0 unspecified atom stereocenters. The van der Waals surface area contributed by atoms with E-state index in [9.17, 15) is 0 Å². The zero-order valence-corrected chi connectivity index (χ0v) is 11.6. The molecule has 0 radical (unpaired) electrons. The van der Waals surface area contributed by atoms with Crippen molar-refractivity contribution in [2.45, 2.75) is 39.2 Å². The lowest BCUT2D eigenvalue weighted by Gasteiger charge is -2.26. The van der Waals surface area contributed by atoms with Gasteiger partial charge in [0.2, 0.25) is 0 Å². The summed E-state index contributed by atoms with van der Waals surface area (Å²) < 4.78 is 0. The van der Waals surface area contributed by atoms with Crippen LogP contribution in [0, 0.1) is 0 Å². The molecule has 0 aromatic heterocycles. The highest BCUT2D eigenvalue weighted by Crippen LogP contribution is 2.09. The first-order valence-corrected chi connectivity index (χ1v) is 6.76. The highest BCUT2D eigenvalue weighted by Gasteiger charge is 2.17. The van der Waals surface area contributed by atoms with Crippen LogP contribution in [-0.2, 0) is 0 Å². The minimum absolute atomic E-state index is 0.146. The minimum atomic E-state index is 0.146. The molecule has 0 saturated carbocycles. The molecule has 0 spiro atoms. The monoisotopic (exact) mass is 240 g/mol. The third-order valence-corrected chi connectivity index (χ3v) is 2.98. The maximum atomic E-state index is 4.61. The molecule has 0 amide bonds. The van der Waals surface area contributed by atoms with E-state index in [0.29, 0.717) is 0 Å². The fourth-order valence-electron chi connectivity index (χ4n) is 2.16. The lowest BCUT2D eigenvalue weighted by molar-refractivity contribution is 0.397. The lowest BCUT2D eigenvalue weighted by atomic mass is 9.98. The second-order valence-electron chi connectivity index (χ2n) is 5.46. The maximum absolute atomic E-state index is 4.61. The van der Waals surface area contributed by atoms with Crippen molar-refractivity contribution < 1.29 is 0 Å². The number of nitrogens with zero attached hydrogens (tertiary/aromatic N) is 1. The molecule has 0 bridgehead atoms. The largest absolute Gasteiger partial charge is 0.315 e. The smallest absolute Gasteiger partial charge is 0.0513 e. The Morgan fingerprint density at radius 3 is 2.47 bits per heavy atom. The summed E-state index contributed by atoms with van der Waals surface area (Å²) >= 11 is 0. The standard InChI is InChI=1S/C13H28N4/c1-12-11-13(2,3)17-10-8-15-6-4-5-14-7-9-16-12/h14-15,17H,4-11H2,1-3H3. The van der Waals surface area contributed by atoms with E-state index in [1.54, 1.807) is 0 Å². The van der Waals surface area contributed by atoms with Crippen molar-refractivity contribution >= 4 is 5.71 Å². The van der Waals surface area contributed by atoms with Gasteiger partial charge in [-0.25, -0.2) is 0 Å². The van der Waals surface area contributed by atoms with Gasteiger partial charge < -0.3 is 16.0 Å². The van der Waals surface area contributed by atoms with E-state index in [1.807, 2.05) is 0 Å². The first-order chi connectivity index (χ1) is 8.10. The lowest BCUT2D eigenvalue weighted by Crippen LogP contribution is -2.44. The molecule has 0 aromatic rings. The fourth-order valence-corrected chi connectivity index (χ4v) is 2.16. The van der Waals surface area contributed by atoms with Crippen LogP contribution < -0.4 is 16.0 Å². The van der Waals surface area contributed by atoms with Crippen molar-refractivity contribution in [3.05, 3.63) is 0 Å². The molecule has 1 aliphatic rings. The zero-order chi connectivity index (χ0) is 12.6. The summed E-state index contributed by atoms with van der Waals surface area (Å²) in [6.45, 7) is 12.8. The highest BCUT2D eigenvalue weighted by atomic mass is 15.0. The molecule has 0 aromatic carbocycles. The van der Waals surface area contributed by atoms with Crippen molar-refractivity contribution in [3.8, 4) is 0 Å². The minimum Gasteiger partial charge on any atom is -0.315 e. The molecule has 0 fully saturated rings. The third kappa shape index (κ3) is 7.47. The first-order valence-electron chi connectivity index (χ1n) is 6.76. The van der Waals surface area contributed by atoms with Crippen molar-refractivity contribution in [2.75, 3.05) is 39.3 Å². The molecule has 3 N–H and O–H groups in total. The second kappa shape index (κ2) is 7.80. The van der Waals surface area contributed by atoms with E-state index >= 15 is 0 Å². The van der Waals surface area contributed by atoms with Gasteiger partial charge in [-0.05, 0) is 40.3 Å². The van der Waals surface area contributed by atoms with E-state index < -0.39 is 0 Å². The van der Waals surface area contributed by atoms with Crippen LogP contribution in [0.25, 0.3) is 0 Å². The number of aliphatic imine (C=N–C) groups is 1. The van der Waals surface area contributed by atoms with Crippen LogP contribution >= 0.6 is 0 Å². The van der Waals surface area contributed by atoms with Crippen molar-refractivity contribution in [1.82, 2.24) is 16.0 Å². The summed E-state index contributed by atoms with van der Waals surface area (Å²) in [5, 5.41) is 10.5. The summed E-state index contributed by atoms with van der Waals surface area (Å²) in [5.41, 5.74) is 1.39.